The van der Waals surface area contributed by atoms with Crippen LogP contribution in [-0.2, 0) is 0 Å². The first kappa shape index (κ1) is 10.9. The van der Waals surface area contributed by atoms with Crippen LogP contribution in [0.2, 0.25) is 0 Å². The molecule has 1 aliphatic rings. The molecule has 1 unspecified atom stereocenters. The molecule has 1 fully saturated rings. The summed E-state index contributed by atoms with van der Waals surface area (Å²) in [7, 11) is 0. The molecule has 1 heterocycles. The third kappa shape index (κ3) is 2.15. The molecular weight excluding hydrogens is 207 g/mol. The van der Waals surface area contributed by atoms with Crippen molar-refractivity contribution in [2.75, 3.05) is 18.0 Å². The van der Waals surface area contributed by atoms with Crippen LogP contribution in [0.25, 0.3) is 0 Å². The molecule has 4 heteroatoms. The zero-order chi connectivity index (χ0) is 11.5. The van der Waals surface area contributed by atoms with E-state index in [1.54, 1.807) is 6.07 Å². The lowest BCUT2D eigenvalue weighted by molar-refractivity contribution is 0.154. The van der Waals surface area contributed by atoms with Crippen molar-refractivity contribution in [1.29, 1.82) is 5.26 Å². The molecule has 1 aromatic carbocycles. The highest BCUT2D eigenvalue weighted by molar-refractivity contribution is 5.59. The standard InChI is InChI=1S/C12H13FN2O/c13-10-3-4-12(9(6-10)7-14)15-5-1-2-11(16)8-15/h3-4,6,11,16H,1-2,5,8H2. The second-order valence-corrected chi connectivity index (χ2v) is 4.02. The predicted octanol–water partition coefficient (Wildman–Crippen LogP) is 1.66. The van der Waals surface area contributed by atoms with Gasteiger partial charge in [0.1, 0.15) is 11.9 Å². The van der Waals surface area contributed by atoms with Crippen LogP contribution in [0.4, 0.5) is 10.1 Å². The number of aliphatic hydroxyl groups is 1. The van der Waals surface area contributed by atoms with E-state index in [9.17, 15) is 9.50 Å². The Balaban J connectivity index is 2.29. The van der Waals surface area contributed by atoms with E-state index in [1.807, 2.05) is 11.0 Å². The quantitative estimate of drug-likeness (QED) is 0.783. The summed E-state index contributed by atoms with van der Waals surface area (Å²) in [5.74, 6) is -0.405. The molecule has 2 rings (SSSR count). The van der Waals surface area contributed by atoms with Crippen molar-refractivity contribution in [1.82, 2.24) is 0 Å². The lowest BCUT2D eigenvalue weighted by Crippen LogP contribution is -2.38. The molecule has 1 aromatic rings. The average Bonchev–Trinajstić information content (AvgIpc) is 2.28. The first-order valence-corrected chi connectivity index (χ1v) is 5.33. The minimum absolute atomic E-state index is 0.328. The number of hydrogen-bond acceptors (Lipinski definition) is 3. The van der Waals surface area contributed by atoms with Crippen LogP contribution in [0, 0.1) is 17.1 Å². The van der Waals surface area contributed by atoms with E-state index in [2.05, 4.69) is 0 Å². The highest BCUT2D eigenvalue weighted by Gasteiger charge is 2.20. The van der Waals surface area contributed by atoms with Crippen LogP contribution in [0.3, 0.4) is 0 Å². The van der Waals surface area contributed by atoms with Crippen molar-refractivity contribution in [2.45, 2.75) is 18.9 Å². The fourth-order valence-electron chi connectivity index (χ4n) is 2.05. The Morgan fingerprint density at radius 2 is 2.31 bits per heavy atom. The molecule has 0 bridgehead atoms. The van der Waals surface area contributed by atoms with Crippen molar-refractivity contribution < 1.29 is 9.50 Å². The summed E-state index contributed by atoms with van der Waals surface area (Å²) in [5.41, 5.74) is 1.04. The SMILES string of the molecule is N#Cc1cc(F)ccc1N1CCCC(O)C1. The summed E-state index contributed by atoms with van der Waals surface area (Å²) in [6, 6.07) is 6.17. The van der Waals surface area contributed by atoms with Crippen LogP contribution in [0.5, 0.6) is 0 Å². The fourth-order valence-corrected chi connectivity index (χ4v) is 2.05. The third-order valence-electron chi connectivity index (χ3n) is 2.82. The number of piperidine rings is 1. The third-order valence-corrected chi connectivity index (χ3v) is 2.82. The van der Waals surface area contributed by atoms with Gasteiger partial charge in [-0.25, -0.2) is 4.39 Å². The maximum atomic E-state index is 13.0. The van der Waals surface area contributed by atoms with E-state index in [0.29, 0.717) is 17.8 Å². The Morgan fingerprint density at radius 3 is 3.00 bits per heavy atom. The molecule has 0 spiro atoms. The van der Waals surface area contributed by atoms with Crippen molar-refractivity contribution >= 4 is 5.69 Å². The van der Waals surface area contributed by atoms with Crippen LogP contribution in [0.15, 0.2) is 18.2 Å². The van der Waals surface area contributed by atoms with Gasteiger partial charge in [0.2, 0.25) is 0 Å². The van der Waals surface area contributed by atoms with E-state index >= 15 is 0 Å². The largest absolute Gasteiger partial charge is 0.391 e. The topological polar surface area (TPSA) is 47.3 Å². The monoisotopic (exact) mass is 220 g/mol. The Labute approximate surface area is 93.7 Å². The average molecular weight is 220 g/mol. The summed E-state index contributed by atoms with van der Waals surface area (Å²) in [5, 5.41) is 18.5. The molecule has 1 atom stereocenters. The zero-order valence-corrected chi connectivity index (χ0v) is 8.86. The molecule has 84 valence electrons. The van der Waals surface area contributed by atoms with E-state index < -0.39 is 5.82 Å². The number of anilines is 1. The van der Waals surface area contributed by atoms with Crippen molar-refractivity contribution in [3.05, 3.63) is 29.6 Å². The van der Waals surface area contributed by atoms with E-state index in [0.717, 1.165) is 19.4 Å². The number of rotatable bonds is 1. The van der Waals surface area contributed by atoms with Crippen molar-refractivity contribution in [3.63, 3.8) is 0 Å². The molecule has 0 aliphatic carbocycles. The molecule has 1 aliphatic heterocycles. The summed E-state index contributed by atoms with van der Waals surface area (Å²) >= 11 is 0. The first-order chi connectivity index (χ1) is 7.70. The number of halogens is 1. The smallest absolute Gasteiger partial charge is 0.124 e. The molecule has 0 saturated carbocycles. The van der Waals surface area contributed by atoms with Gasteiger partial charge in [-0.15, -0.1) is 0 Å². The van der Waals surface area contributed by atoms with Crippen LogP contribution in [-0.4, -0.2) is 24.3 Å². The number of hydrogen-bond donors (Lipinski definition) is 1. The Hall–Kier alpha value is -1.60. The number of benzene rings is 1. The summed E-state index contributed by atoms with van der Waals surface area (Å²) in [6.07, 6.45) is 1.33. The van der Waals surface area contributed by atoms with Crippen LogP contribution < -0.4 is 4.90 Å². The first-order valence-electron chi connectivity index (χ1n) is 5.33. The van der Waals surface area contributed by atoms with Gasteiger partial charge in [-0.2, -0.15) is 5.26 Å². The number of β-amino-alcohol motifs (C(OH)–C–C–N with tert-alkyl or cyclic N) is 1. The fraction of sp³-hybridized carbons (Fsp3) is 0.417. The van der Waals surface area contributed by atoms with Crippen LogP contribution >= 0.6 is 0 Å². The van der Waals surface area contributed by atoms with E-state index in [1.165, 1.54) is 12.1 Å². The maximum Gasteiger partial charge on any atom is 0.124 e. The summed E-state index contributed by atoms with van der Waals surface area (Å²) in [4.78, 5) is 1.94. The second-order valence-electron chi connectivity index (χ2n) is 4.02. The van der Waals surface area contributed by atoms with Gasteiger partial charge in [-0.05, 0) is 31.0 Å². The molecule has 1 saturated heterocycles. The second kappa shape index (κ2) is 4.50. The Bertz CT molecular complexity index is 428. The highest BCUT2D eigenvalue weighted by Crippen LogP contribution is 2.24. The lowest BCUT2D eigenvalue weighted by Gasteiger charge is -2.32. The van der Waals surface area contributed by atoms with Crippen molar-refractivity contribution in [3.8, 4) is 6.07 Å². The van der Waals surface area contributed by atoms with Crippen LogP contribution in [0.1, 0.15) is 18.4 Å². The molecule has 3 nitrogen and oxygen atoms in total. The lowest BCUT2D eigenvalue weighted by atomic mass is 10.1. The maximum absolute atomic E-state index is 13.0. The number of nitrogens with zero attached hydrogens (tertiary/aromatic N) is 2. The van der Waals surface area contributed by atoms with Gasteiger partial charge in [0, 0.05) is 13.1 Å². The normalized spacial score (nSPS) is 20.6. The number of nitriles is 1. The summed E-state index contributed by atoms with van der Waals surface area (Å²) < 4.78 is 13.0. The minimum Gasteiger partial charge on any atom is -0.391 e. The van der Waals surface area contributed by atoms with E-state index in [-0.39, 0.29) is 6.10 Å². The van der Waals surface area contributed by atoms with Gasteiger partial charge in [-0.3, -0.25) is 0 Å². The molecule has 16 heavy (non-hydrogen) atoms. The Kier molecular flexibility index (Phi) is 3.07. The zero-order valence-electron chi connectivity index (χ0n) is 8.86. The number of aliphatic hydroxyl groups excluding tert-OH is 1. The summed E-state index contributed by atoms with van der Waals surface area (Å²) in [6.45, 7) is 1.32. The van der Waals surface area contributed by atoms with Gasteiger partial charge in [0.05, 0.1) is 17.4 Å². The van der Waals surface area contributed by atoms with Crippen molar-refractivity contribution in [2.24, 2.45) is 0 Å². The van der Waals surface area contributed by atoms with E-state index in [4.69, 9.17) is 5.26 Å². The molecule has 0 amide bonds. The van der Waals surface area contributed by atoms with Gasteiger partial charge in [0.25, 0.3) is 0 Å². The highest BCUT2D eigenvalue weighted by atomic mass is 19.1. The van der Waals surface area contributed by atoms with Gasteiger partial charge in [0.15, 0.2) is 0 Å². The Morgan fingerprint density at radius 1 is 1.50 bits per heavy atom. The molecule has 0 aromatic heterocycles. The van der Waals surface area contributed by atoms with Gasteiger partial charge >= 0.3 is 0 Å². The predicted molar refractivity (Wildman–Crippen MR) is 58.6 cm³/mol. The molecule has 1 N–H and O–H groups in total. The molecular formula is C12H13FN2O. The van der Waals surface area contributed by atoms with Gasteiger partial charge < -0.3 is 10.0 Å². The molecule has 0 radical (unpaired) electrons. The minimum atomic E-state index is -0.405. The van der Waals surface area contributed by atoms with Gasteiger partial charge in [-0.1, -0.05) is 0 Å².